The maximum absolute atomic E-state index is 13.0. The number of rotatable bonds is 2. The number of nitrogens with one attached hydrogen (secondary N) is 2. The molecule has 0 unspecified atom stereocenters. The zero-order valence-corrected chi connectivity index (χ0v) is 16.7. The van der Waals surface area contributed by atoms with Crippen molar-refractivity contribution in [3.63, 3.8) is 0 Å². The molecule has 7 heteroatoms. The van der Waals surface area contributed by atoms with Gasteiger partial charge in [0.05, 0.1) is 16.9 Å². The molecule has 0 spiro atoms. The van der Waals surface area contributed by atoms with E-state index in [2.05, 4.69) is 10.1 Å². The molecule has 0 amide bonds. The maximum atomic E-state index is 13.0. The van der Waals surface area contributed by atoms with E-state index in [1.54, 1.807) is 6.07 Å². The minimum atomic E-state index is -0.479. The van der Waals surface area contributed by atoms with Gasteiger partial charge in [-0.05, 0) is 30.9 Å². The molecule has 1 aliphatic rings. The van der Waals surface area contributed by atoms with Crippen LogP contribution in [-0.2, 0) is 0 Å². The van der Waals surface area contributed by atoms with Gasteiger partial charge in [0.15, 0.2) is 11.2 Å². The molecule has 152 valence electrons. The van der Waals surface area contributed by atoms with Crippen molar-refractivity contribution >= 4 is 33.1 Å². The van der Waals surface area contributed by atoms with Crippen LogP contribution in [0.1, 0.15) is 69.9 Å². The van der Waals surface area contributed by atoms with E-state index in [1.165, 1.54) is 18.9 Å². The second-order valence-electron chi connectivity index (χ2n) is 8.47. The van der Waals surface area contributed by atoms with Crippen LogP contribution in [0.5, 0.6) is 5.75 Å². The predicted molar refractivity (Wildman–Crippen MR) is 113 cm³/mol. The Morgan fingerprint density at radius 3 is 2.52 bits per heavy atom. The number of nitrogens with zero attached hydrogens (tertiary/aromatic N) is 1. The third kappa shape index (κ3) is 2.63. The number of H-pyrrole nitrogens is 2. The largest absolute Gasteiger partial charge is 0.502 e. The van der Waals surface area contributed by atoms with Gasteiger partial charge in [-0.15, -0.1) is 0 Å². The van der Waals surface area contributed by atoms with Gasteiger partial charge in [0, 0.05) is 10.9 Å². The molecule has 0 atom stereocenters. The van der Waals surface area contributed by atoms with Gasteiger partial charge in [0.1, 0.15) is 5.65 Å². The van der Waals surface area contributed by atoms with Crippen LogP contribution < -0.4 is 11.0 Å². The first-order chi connectivity index (χ1) is 14.0. The first-order valence-corrected chi connectivity index (χ1v) is 10.4. The topological polar surface area (TPSA) is 104 Å². The van der Waals surface area contributed by atoms with Gasteiger partial charge in [0.2, 0.25) is 11.2 Å². The first kappa shape index (κ1) is 18.1. The number of aromatic hydroxyl groups is 1. The third-order valence-electron chi connectivity index (χ3n) is 6.25. The van der Waals surface area contributed by atoms with Crippen LogP contribution in [0.15, 0.2) is 26.1 Å². The van der Waals surface area contributed by atoms with Crippen molar-refractivity contribution in [3.8, 4) is 5.75 Å². The number of phenols is 1. The Balaban J connectivity index is 1.90. The average Bonchev–Trinajstić information content (AvgIpc) is 3.08. The normalized spacial score (nSPS) is 16.4. The summed E-state index contributed by atoms with van der Waals surface area (Å²) in [4.78, 5) is 28.3. The van der Waals surface area contributed by atoms with Gasteiger partial charge < -0.3 is 14.5 Å². The second kappa shape index (κ2) is 6.54. The molecule has 1 aliphatic carbocycles. The Kier molecular flexibility index (Phi) is 4.08. The van der Waals surface area contributed by atoms with E-state index in [1.807, 2.05) is 18.5 Å². The summed E-state index contributed by atoms with van der Waals surface area (Å²) >= 11 is 0. The highest BCUT2D eigenvalue weighted by molar-refractivity contribution is 6.09. The van der Waals surface area contributed by atoms with Crippen LogP contribution in [0.2, 0.25) is 0 Å². The van der Waals surface area contributed by atoms with Crippen LogP contribution in [0.4, 0.5) is 0 Å². The van der Waals surface area contributed by atoms with Crippen molar-refractivity contribution in [1.29, 1.82) is 0 Å². The Labute approximate surface area is 166 Å². The van der Waals surface area contributed by atoms with Gasteiger partial charge in [-0.2, -0.15) is 0 Å². The number of hydrogen-bond donors (Lipinski definition) is 3. The molecular weight excluding hydrogens is 370 g/mol. The number of pyridine rings is 1. The van der Waals surface area contributed by atoms with Crippen molar-refractivity contribution in [2.45, 2.75) is 64.3 Å². The number of aromatic nitrogens is 3. The SMILES string of the molecule is CC(C)c1c2oc3c(O)c(=O)ccc3c2[nH]c2c1c(=O)[nH]n2C1CCCCCC1. The van der Waals surface area contributed by atoms with Crippen LogP contribution in [0, 0.1) is 0 Å². The molecule has 1 saturated carbocycles. The highest BCUT2D eigenvalue weighted by Crippen LogP contribution is 2.39. The van der Waals surface area contributed by atoms with E-state index in [9.17, 15) is 14.7 Å². The van der Waals surface area contributed by atoms with E-state index in [-0.39, 0.29) is 23.1 Å². The minimum Gasteiger partial charge on any atom is -0.502 e. The number of aromatic amines is 2. The van der Waals surface area contributed by atoms with Crippen molar-refractivity contribution in [1.82, 2.24) is 14.8 Å². The number of benzene rings is 1. The van der Waals surface area contributed by atoms with Crippen LogP contribution in [-0.4, -0.2) is 19.9 Å². The summed E-state index contributed by atoms with van der Waals surface area (Å²) in [6.45, 7) is 4.03. The smallest absolute Gasteiger partial charge is 0.274 e. The summed E-state index contributed by atoms with van der Waals surface area (Å²) < 4.78 is 7.95. The molecule has 1 fully saturated rings. The van der Waals surface area contributed by atoms with Crippen LogP contribution >= 0.6 is 0 Å². The monoisotopic (exact) mass is 395 g/mol. The van der Waals surface area contributed by atoms with Gasteiger partial charge in [-0.25, -0.2) is 0 Å². The lowest BCUT2D eigenvalue weighted by Gasteiger charge is -2.17. The fourth-order valence-electron chi connectivity index (χ4n) is 4.84. The molecule has 29 heavy (non-hydrogen) atoms. The van der Waals surface area contributed by atoms with Gasteiger partial charge >= 0.3 is 0 Å². The lowest BCUT2D eigenvalue weighted by atomic mass is 9.99. The van der Waals surface area contributed by atoms with Crippen molar-refractivity contribution in [2.75, 3.05) is 0 Å². The Hall–Kier alpha value is -2.96. The highest BCUT2D eigenvalue weighted by atomic mass is 16.4. The summed E-state index contributed by atoms with van der Waals surface area (Å²) in [5, 5.41) is 14.5. The standard InChI is InChI=1S/C22H25N3O4/c1-11(2)15-16-21(25(24-22(16)28)12-7-5-3-4-6-8-12)23-17-13-9-10-14(26)18(27)19(13)29-20(15)17/h9-12,23,27H,3-8H2,1-2H3,(H,24,28). The van der Waals surface area contributed by atoms with Gasteiger partial charge in [-0.3, -0.25) is 19.4 Å². The molecule has 3 N–H and O–H groups in total. The van der Waals surface area contributed by atoms with Crippen molar-refractivity contribution in [3.05, 3.63) is 38.3 Å². The van der Waals surface area contributed by atoms with E-state index < -0.39 is 11.2 Å². The van der Waals surface area contributed by atoms with E-state index in [0.29, 0.717) is 21.9 Å². The molecule has 0 aliphatic heterocycles. The molecular formula is C22H25N3O4. The zero-order valence-electron chi connectivity index (χ0n) is 16.7. The summed E-state index contributed by atoms with van der Waals surface area (Å²) in [5.74, 6) is -0.373. The Bertz CT molecular complexity index is 1340. The number of hydrogen-bond acceptors (Lipinski definition) is 4. The molecule has 5 rings (SSSR count). The fraction of sp³-hybridized carbons (Fsp3) is 0.455. The fourth-order valence-corrected chi connectivity index (χ4v) is 4.84. The van der Waals surface area contributed by atoms with Crippen molar-refractivity contribution < 1.29 is 9.52 Å². The number of fused-ring (bicyclic) bond motifs is 4. The van der Waals surface area contributed by atoms with Crippen molar-refractivity contribution in [2.24, 2.45) is 0 Å². The predicted octanol–water partition coefficient (Wildman–Crippen LogP) is 4.64. The molecule has 0 bridgehead atoms. The lowest BCUT2D eigenvalue weighted by Crippen LogP contribution is -2.13. The molecule has 7 nitrogen and oxygen atoms in total. The first-order valence-electron chi connectivity index (χ1n) is 10.4. The minimum absolute atomic E-state index is 0.0233. The second-order valence-corrected chi connectivity index (χ2v) is 8.47. The third-order valence-corrected chi connectivity index (χ3v) is 6.25. The molecule has 3 aromatic heterocycles. The summed E-state index contributed by atoms with van der Waals surface area (Å²) in [7, 11) is 0. The van der Waals surface area contributed by atoms with Crippen LogP contribution in [0.25, 0.3) is 33.1 Å². The lowest BCUT2D eigenvalue weighted by molar-refractivity contribution is 0.413. The van der Waals surface area contributed by atoms with E-state index >= 15 is 0 Å². The van der Waals surface area contributed by atoms with Gasteiger partial charge in [-0.1, -0.05) is 39.5 Å². The molecule has 0 saturated heterocycles. The summed E-state index contributed by atoms with van der Waals surface area (Å²) in [5.41, 5.74) is 2.32. The summed E-state index contributed by atoms with van der Waals surface area (Å²) in [6, 6.07) is 3.25. The quantitative estimate of drug-likeness (QED) is 0.430. The average molecular weight is 395 g/mol. The zero-order chi connectivity index (χ0) is 20.3. The van der Waals surface area contributed by atoms with Gasteiger partial charge in [0.25, 0.3) is 5.56 Å². The summed E-state index contributed by atoms with van der Waals surface area (Å²) in [6.07, 6.45) is 6.84. The molecule has 3 heterocycles. The molecule has 0 radical (unpaired) electrons. The molecule has 4 aromatic rings. The van der Waals surface area contributed by atoms with E-state index in [0.717, 1.165) is 36.9 Å². The Morgan fingerprint density at radius 2 is 1.83 bits per heavy atom. The Morgan fingerprint density at radius 1 is 1.10 bits per heavy atom. The number of furan rings is 1. The number of phenolic OH excluding ortho intramolecular Hbond substituents is 1. The highest BCUT2D eigenvalue weighted by Gasteiger charge is 2.26. The van der Waals surface area contributed by atoms with E-state index in [4.69, 9.17) is 4.42 Å². The molecule has 1 aromatic carbocycles. The van der Waals surface area contributed by atoms with Crippen LogP contribution in [0.3, 0.4) is 0 Å². The maximum Gasteiger partial charge on any atom is 0.274 e.